The zero-order valence-corrected chi connectivity index (χ0v) is 12.6. The molecule has 0 unspecified atom stereocenters. The molecule has 124 valence electrons. The van der Waals surface area contributed by atoms with Gasteiger partial charge in [0.1, 0.15) is 5.69 Å². The summed E-state index contributed by atoms with van der Waals surface area (Å²) in [5.74, 6) is -1.03. The number of benzene rings is 1. The monoisotopic (exact) mass is 329 g/mol. The number of hydrogen-bond donors (Lipinski definition) is 3. The second kappa shape index (κ2) is 7.68. The van der Waals surface area contributed by atoms with Crippen molar-refractivity contribution in [3.8, 4) is 0 Å². The van der Waals surface area contributed by atoms with E-state index in [-0.39, 0.29) is 35.9 Å². The van der Waals surface area contributed by atoms with E-state index in [0.29, 0.717) is 5.56 Å². The van der Waals surface area contributed by atoms with Crippen LogP contribution in [0.3, 0.4) is 0 Å². The highest BCUT2D eigenvalue weighted by Crippen LogP contribution is 2.25. The molecule has 0 fully saturated rings. The maximum atomic E-state index is 11.8. The largest absolute Gasteiger partial charge is 0.378 e. The SMILES string of the molecule is NC(=O)c1ccc(NCCNC(=O)c2cccnc2)c([N+](=O)[O-])c1. The van der Waals surface area contributed by atoms with Crippen molar-refractivity contribution in [2.24, 2.45) is 5.73 Å². The molecular formula is C15H15N5O4. The fourth-order valence-corrected chi connectivity index (χ4v) is 1.96. The van der Waals surface area contributed by atoms with Crippen LogP contribution in [0.2, 0.25) is 0 Å². The van der Waals surface area contributed by atoms with Gasteiger partial charge in [-0.15, -0.1) is 0 Å². The van der Waals surface area contributed by atoms with Crippen LogP contribution in [0.5, 0.6) is 0 Å². The van der Waals surface area contributed by atoms with E-state index >= 15 is 0 Å². The minimum atomic E-state index is -0.742. The van der Waals surface area contributed by atoms with Crippen LogP contribution in [0.1, 0.15) is 20.7 Å². The maximum absolute atomic E-state index is 11.8. The molecule has 0 aliphatic carbocycles. The van der Waals surface area contributed by atoms with E-state index in [2.05, 4.69) is 15.6 Å². The molecule has 0 radical (unpaired) electrons. The van der Waals surface area contributed by atoms with E-state index in [9.17, 15) is 19.7 Å². The lowest BCUT2D eigenvalue weighted by molar-refractivity contribution is -0.384. The van der Waals surface area contributed by atoms with Gasteiger partial charge in [-0.1, -0.05) is 0 Å². The first-order chi connectivity index (χ1) is 11.5. The normalized spacial score (nSPS) is 10.0. The Hall–Kier alpha value is -3.49. The van der Waals surface area contributed by atoms with Crippen LogP contribution >= 0.6 is 0 Å². The fourth-order valence-electron chi connectivity index (χ4n) is 1.96. The summed E-state index contributed by atoms with van der Waals surface area (Å²) in [4.78, 5) is 37.2. The van der Waals surface area contributed by atoms with Crippen molar-refractivity contribution in [1.82, 2.24) is 10.3 Å². The first-order valence-electron chi connectivity index (χ1n) is 6.99. The van der Waals surface area contributed by atoms with E-state index in [1.165, 1.54) is 18.3 Å². The van der Waals surface area contributed by atoms with Crippen LogP contribution in [-0.2, 0) is 0 Å². The van der Waals surface area contributed by atoms with Crippen molar-refractivity contribution in [1.29, 1.82) is 0 Å². The van der Waals surface area contributed by atoms with Gasteiger partial charge in [-0.05, 0) is 24.3 Å². The number of carbonyl (C=O) groups excluding carboxylic acids is 2. The number of nitrogens with one attached hydrogen (secondary N) is 2. The molecule has 24 heavy (non-hydrogen) atoms. The van der Waals surface area contributed by atoms with Gasteiger partial charge in [0.15, 0.2) is 0 Å². The summed E-state index contributed by atoms with van der Waals surface area (Å²) in [6.45, 7) is 0.519. The van der Waals surface area contributed by atoms with Gasteiger partial charge in [0.2, 0.25) is 5.91 Å². The predicted octanol–water partition coefficient (Wildman–Crippen LogP) is 0.931. The number of pyridine rings is 1. The van der Waals surface area contributed by atoms with E-state index in [4.69, 9.17) is 5.73 Å². The van der Waals surface area contributed by atoms with Crippen molar-refractivity contribution in [2.45, 2.75) is 0 Å². The van der Waals surface area contributed by atoms with Gasteiger partial charge in [-0.3, -0.25) is 24.7 Å². The molecule has 2 amide bonds. The highest BCUT2D eigenvalue weighted by molar-refractivity contribution is 5.94. The molecule has 0 aliphatic heterocycles. The number of hydrogen-bond acceptors (Lipinski definition) is 6. The summed E-state index contributed by atoms with van der Waals surface area (Å²) >= 11 is 0. The molecule has 0 aliphatic rings. The summed E-state index contributed by atoms with van der Waals surface area (Å²) in [6.07, 6.45) is 3.00. The molecule has 1 aromatic heterocycles. The van der Waals surface area contributed by atoms with Gasteiger partial charge >= 0.3 is 0 Å². The number of carbonyl (C=O) groups is 2. The van der Waals surface area contributed by atoms with Crippen LogP contribution in [0.25, 0.3) is 0 Å². The van der Waals surface area contributed by atoms with Gasteiger partial charge in [-0.2, -0.15) is 0 Å². The number of anilines is 1. The first-order valence-corrected chi connectivity index (χ1v) is 6.99. The molecular weight excluding hydrogens is 314 g/mol. The fraction of sp³-hybridized carbons (Fsp3) is 0.133. The first kappa shape index (κ1) is 16.9. The van der Waals surface area contributed by atoms with E-state index in [0.717, 1.165) is 6.07 Å². The molecule has 9 nitrogen and oxygen atoms in total. The zero-order chi connectivity index (χ0) is 17.5. The highest BCUT2D eigenvalue weighted by atomic mass is 16.6. The lowest BCUT2D eigenvalue weighted by Gasteiger charge is -2.09. The number of nitro groups is 1. The molecule has 1 heterocycles. The summed E-state index contributed by atoms with van der Waals surface area (Å²) in [7, 11) is 0. The van der Waals surface area contributed by atoms with Crippen LogP contribution in [0, 0.1) is 10.1 Å². The molecule has 2 rings (SSSR count). The minimum Gasteiger partial charge on any atom is -0.378 e. The molecule has 9 heteroatoms. The smallest absolute Gasteiger partial charge is 0.293 e. The van der Waals surface area contributed by atoms with Crippen LogP contribution in [0.15, 0.2) is 42.7 Å². The summed E-state index contributed by atoms with van der Waals surface area (Å²) in [6, 6.07) is 7.19. The van der Waals surface area contributed by atoms with E-state index in [1.807, 2.05) is 0 Å². The van der Waals surface area contributed by atoms with Crippen molar-refractivity contribution >= 4 is 23.2 Å². The molecule has 0 saturated heterocycles. The highest BCUT2D eigenvalue weighted by Gasteiger charge is 2.16. The molecule has 0 saturated carbocycles. The Balaban J connectivity index is 1.93. The van der Waals surface area contributed by atoms with Gasteiger partial charge < -0.3 is 16.4 Å². The Labute approximate surface area is 137 Å². The standard InChI is InChI=1S/C15H15N5O4/c16-14(21)10-3-4-12(13(8-10)20(23)24)18-6-7-19-15(22)11-2-1-5-17-9-11/h1-5,8-9,18H,6-7H2,(H2,16,21)(H,19,22). The zero-order valence-electron chi connectivity index (χ0n) is 12.6. The third-order valence-electron chi connectivity index (χ3n) is 3.13. The molecule has 4 N–H and O–H groups in total. The number of nitrogens with two attached hydrogens (primary N) is 1. The number of nitro benzene ring substituents is 1. The minimum absolute atomic E-state index is 0.0529. The second-order valence-corrected chi connectivity index (χ2v) is 4.78. The van der Waals surface area contributed by atoms with E-state index < -0.39 is 10.8 Å². The molecule has 0 spiro atoms. The van der Waals surface area contributed by atoms with Gasteiger partial charge in [0.25, 0.3) is 11.6 Å². The summed E-state index contributed by atoms with van der Waals surface area (Å²) in [5.41, 5.74) is 5.56. The van der Waals surface area contributed by atoms with E-state index in [1.54, 1.807) is 18.3 Å². The lowest BCUT2D eigenvalue weighted by Crippen LogP contribution is -2.28. The summed E-state index contributed by atoms with van der Waals surface area (Å²) in [5, 5.41) is 16.6. The average Bonchev–Trinajstić information content (AvgIpc) is 2.59. The van der Waals surface area contributed by atoms with Crippen LogP contribution < -0.4 is 16.4 Å². The van der Waals surface area contributed by atoms with Gasteiger partial charge in [0, 0.05) is 37.1 Å². The average molecular weight is 329 g/mol. The Morgan fingerprint density at radius 2 is 2.00 bits per heavy atom. The van der Waals surface area contributed by atoms with Crippen molar-refractivity contribution in [3.63, 3.8) is 0 Å². The third-order valence-corrected chi connectivity index (χ3v) is 3.13. The number of aromatic nitrogens is 1. The Bertz CT molecular complexity index is 764. The summed E-state index contributed by atoms with van der Waals surface area (Å²) < 4.78 is 0. The molecule has 0 bridgehead atoms. The quantitative estimate of drug-likeness (QED) is 0.392. The Morgan fingerprint density at radius 1 is 1.21 bits per heavy atom. The van der Waals surface area contributed by atoms with Gasteiger partial charge in [-0.25, -0.2) is 0 Å². The van der Waals surface area contributed by atoms with Crippen molar-refractivity contribution in [3.05, 3.63) is 64.0 Å². The Kier molecular flexibility index (Phi) is 5.40. The number of amides is 2. The predicted molar refractivity (Wildman–Crippen MR) is 86.7 cm³/mol. The third kappa shape index (κ3) is 4.26. The van der Waals surface area contributed by atoms with Gasteiger partial charge in [0.05, 0.1) is 10.5 Å². The second-order valence-electron chi connectivity index (χ2n) is 4.78. The lowest BCUT2D eigenvalue weighted by atomic mass is 10.1. The van der Waals surface area contributed by atoms with Crippen molar-refractivity contribution in [2.75, 3.05) is 18.4 Å². The number of rotatable bonds is 7. The van der Waals surface area contributed by atoms with Crippen LogP contribution in [-0.4, -0.2) is 34.8 Å². The number of primary amides is 1. The molecule has 2 aromatic rings. The number of nitrogens with zero attached hydrogens (tertiary/aromatic N) is 2. The van der Waals surface area contributed by atoms with Crippen molar-refractivity contribution < 1.29 is 14.5 Å². The molecule has 0 atom stereocenters. The maximum Gasteiger partial charge on any atom is 0.293 e. The Morgan fingerprint density at radius 3 is 2.62 bits per heavy atom. The topological polar surface area (TPSA) is 140 Å². The van der Waals surface area contributed by atoms with Crippen LogP contribution in [0.4, 0.5) is 11.4 Å². The molecule has 1 aromatic carbocycles.